The van der Waals surface area contributed by atoms with Crippen molar-refractivity contribution in [3.63, 3.8) is 0 Å². The number of hydrogen-bond acceptors (Lipinski definition) is 4. The third-order valence-corrected chi connectivity index (χ3v) is 5.11. The molecule has 100 valence electrons. The normalized spacial score (nSPS) is 18.5. The van der Waals surface area contributed by atoms with E-state index in [1.807, 2.05) is 24.3 Å². The third kappa shape index (κ3) is 2.37. The van der Waals surface area contributed by atoms with Gasteiger partial charge in [-0.2, -0.15) is 0 Å². The van der Waals surface area contributed by atoms with Crippen LogP contribution in [-0.4, -0.2) is 11.0 Å². The molecule has 0 unspecified atom stereocenters. The molecule has 0 amide bonds. The minimum absolute atomic E-state index is 0.523. The highest BCUT2D eigenvalue weighted by atomic mass is 32.1. The molecule has 0 N–H and O–H groups in total. The highest BCUT2D eigenvalue weighted by Gasteiger charge is 2.34. The van der Waals surface area contributed by atoms with Gasteiger partial charge in [0.05, 0.1) is 15.2 Å². The monoisotopic (exact) mass is 274 g/mol. The molecule has 0 bridgehead atoms. The van der Waals surface area contributed by atoms with Gasteiger partial charge in [-0.25, -0.2) is 4.98 Å². The summed E-state index contributed by atoms with van der Waals surface area (Å²) in [5, 5.41) is 12.5. The third-order valence-electron chi connectivity index (χ3n) is 4.07. The van der Waals surface area contributed by atoms with Crippen LogP contribution in [0.1, 0.15) is 37.1 Å². The van der Waals surface area contributed by atoms with E-state index in [0.29, 0.717) is 6.42 Å². The van der Waals surface area contributed by atoms with Gasteiger partial charge in [0.15, 0.2) is 0 Å². The second-order valence-corrected chi connectivity index (χ2v) is 6.50. The Labute approximate surface area is 116 Å². The van der Waals surface area contributed by atoms with Crippen LogP contribution < -0.4 is 5.11 Å². The average Bonchev–Trinajstić information content (AvgIpc) is 2.81. The fourth-order valence-electron chi connectivity index (χ4n) is 2.97. The van der Waals surface area contributed by atoms with E-state index in [4.69, 9.17) is 0 Å². The molecular weight excluding hydrogens is 258 g/mol. The van der Waals surface area contributed by atoms with Crippen LogP contribution in [0.5, 0.6) is 0 Å². The van der Waals surface area contributed by atoms with Crippen LogP contribution in [0, 0.1) is 5.41 Å². The Morgan fingerprint density at radius 2 is 2.00 bits per heavy atom. The summed E-state index contributed by atoms with van der Waals surface area (Å²) in [4.78, 5) is 16.1. The zero-order chi connectivity index (χ0) is 13.3. The van der Waals surface area contributed by atoms with Gasteiger partial charge < -0.3 is 9.90 Å². The van der Waals surface area contributed by atoms with E-state index in [1.165, 1.54) is 0 Å². The maximum absolute atomic E-state index is 11.6. The molecule has 0 saturated heterocycles. The number of aliphatic carboxylic acids is 1. The van der Waals surface area contributed by atoms with Gasteiger partial charge in [0.1, 0.15) is 0 Å². The molecule has 4 heteroatoms. The second-order valence-electron chi connectivity index (χ2n) is 5.38. The van der Waals surface area contributed by atoms with Crippen molar-refractivity contribution in [2.75, 3.05) is 0 Å². The van der Waals surface area contributed by atoms with Crippen LogP contribution in [0.15, 0.2) is 24.3 Å². The van der Waals surface area contributed by atoms with Gasteiger partial charge in [0.2, 0.25) is 0 Å². The first-order chi connectivity index (χ1) is 9.20. The van der Waals surface area contributed by atoms with Crippen molar-refractivity contribution in [3.05, 3.63) is 29.3 Å². The van der Waals surface area contributed by atoms with Gasteiger partial charge in [0, 0.05) is 17.8 Å². The van der Waals surface area contributed by atoms with Crippen LogP contribution >= 0.6 is 11.3 Å². The molecular formula is C15H16NO2S-. The summed E-state index contributed by atoms with van der Waals surface area (Å²) in [5.74, 6) is -0.897. The zero-order valence-electron chi connectivity index (χ0n) is 10.7. The van der Waals surface area contributed by atoms with Crippen molar-refractivity contribution >= 4 is 27.5 Å². The SMILES string of the molecule is O=C([O-])C1(Cc2nc3ccccc3s2)CCCCC1. The van der Waals surface area contributed by atoms with Crippen LogP contribution in [0.25, 0.3) is 10.2 Å². The van der Waals surface area contributed by atoms with Crippen LogP contribution in [0.3, 0.4) is 0 Å². The summed E-state index contributed by atoms with van der Waals surface area (Å²) in [6, 6.07) is 7.95. The number of thiazole rings is 1. The Hall–Kier alpha value is -1.42. The summed E-state index contributed by atoms with van der Waals surface area (Å²) in [6.45, 7) is 0. The number of para-hydroxylation sites is 1. The lowest BCUT2D eigenvalue weighted by molar-refractivity contribution is -0.321. The van der Waals surface area contributed by atoms with E-state index < -0.39 is 11.4 Å². The van der Waals surface area contributed by atoms with Gasteiger partial charge in [-0.1, -0.05) is 31.4 Å². The van der Waals surface area contributed by atoms with Crippen molar-refractivity contribution in [2.45, 2.75) is 38.5 Å². The van der Waals surface area contributed by atoms with Gasteiger partial charge in [-0.05, 0) is 25.0 Å². The number of aromatic nitrogens is 1. The molecule has 2 aromatic rings. The van der Waals surface area contributed by atoms with E-state index in [-0.39, 0.29) is 0 Å². The number of benzene rings is 1. The highest BCUT2D eigenvalue weighted by Crippen LogP contribution is 2.40. The van der Waals surface area contributed by atoms with Crippen LogP contribution in [0.4, 0.5) is 0 Å². The molecule has 19 heavy (non-hydrogen) atoms. The molecule has 1 heterocycles. The topological polar surface area (TPSA) is 53.0 Å². The van der Waals surface area contributed by atoms with Crippen molar-refractivity contribution in [3.8, 4) is 0 Å². The molecule has 1 aliphatic rings. The molecule has 0 spiro atoms. The first-order valence-electron chi connectivity index (χ1n) is 6.76. The molecule has 1 aliphatic carbocycles. The minimum Gasteiger partial charge on any atom is -0.550 e. The number of fused-ring (bicyclic) bond motifs is 1. The summed E-state index contributed by atoms with van der Waals surface area (Å²) >= 11 is 1.60. The summed E-state index contributed by atoms with van der Waals surface area (Å²) < 4.78 is 1.13. The Balaban J connectivity index is 1.91. The maximum atomic E-state index is 11.6. The maximum Gasteiger partial charge on any atom is 0.0947 e. The molecule has 1 saturated carbocycles. The fourth-order valence-corrected chi connectivity index (χ4v) is 4.08. The first-order valence-corrected chi connectivity index (χ1v) is 7.57. The Morgan fingerprint density at radius 1 is 1.26 bits per heavy atom. The molecule has 0 aliphatic heterocycles. The van der Waals surface area contributed by atoms with Crippen LogP contribution in [-0.2, 0) is 11.2 Å². The van der Waals surface area contributed by atoms with Gasteiger partial charge in [-0.15, -0.1) is 11.3 Å². The van der Waals surface area contributed by atoms with Gasteiger partial charge in [0.25, 0.3) is 0 Å². The number of hydrogen-bond donors (Lipinski definition) is 0. The fraction of sp³-hybridized carbons (Fsp3) is 0.467. The van der Waals surface area contributed by atoms with Crippen molar-refractivity contribution in [2.24, 2.45) is 5.41 Å². The van der Waals surface area contributed by atoms with Crippen LogP contribution in [0.2, 0.25) is 0 Å². The Bertz CT molecular complexity index is 566. The molecule has 3 rings (SSSR count). The second kappa shape index (κ2) is 4.93. The van der Waals surface area contributed by atoms with Crippen molar-refractivity contribution in [1.82, 2.24) is 4.98 Å². The molecule has 1 aromatic heterocycles. The lowest BCUT2D eigenvalue weighted by atomic mass is 9.72. The smallest absolute Gasteiger partial charge is 0.0947 e. The summed E-state index contributed by atoms with van der Waals surface area (Å²) in [5.41, 5.74) is 0.276. The number of carbonyl (C=O) groups is 1. The molecule has 1 aromatic carbocycles. The first kappa shape index (κ1) is 12.6. The number of rotatable bonds is 3. The highest BCUT2D eigenvalue weighted by molar-refractivity contribution is 7.18. The zero-order valence-corrected chi connectivity index (χ0v) is 11.5. The predicted molar refractivity (Wildman–Crippen MR) is 73.8 cm³/mol. The Kier molecular flexibility index (Phi) is 3.27. The molecule has 3 nitrogen and oxygen atoms in total. The van der Waals surface area contributed by atoms with E-state index in [9.17, 15) is 9.90 Å². The minimum atomic E-state index is -0.897. The lowest BCUT2D eigenvalue weighted by Crippen LogP contribution is -2.45. The van der Waals surface area contributed by atoms with E-state index in [0.717, 1.165) is 47.3 Å². The molecule has 0 radical (unpaired) electrons. The largest absolute Gasteiger partial charge is 0.550 e. The van der Waals surface area contributed by atoms with Gasteiger partial charge >= 0.3 is 0 Å². The summed E-state index contributed by atoms with van der Waals surface area (Å²) in [7, 11) is 0. The van der Waals surface area contributed by atoms with E-state index in [1.54, 1.807) is 11.3 Å². The Morgan fingerprint density at radius 3 is 2.68 bits per heavy atom. The lowest BCUT2D eigenvalue weighted by Gasteiger charge is -2.37. The number of carboxylic acids is 1. The molecule has 0 atom stereocenters. The number of carboxylic acid groups (broad SMARTS) is 1. The van der Waals surface area contributed by atoms with E-state index >= 15 is 0 Å². The average molecular weight is 274 g/mol. The standard InChI is InChI=1S/C15H17NO2S/c17-14(18)15(8-4-1-5-9-15)10-13-16-11-6-2-3-7-12(11)19-13/h2-3,6-7H,1,4-5,8-10H2,(H,17,18)/p-1. The number of nitrogens with zero attached hydrogens (tertiary/aromatic N) is 1. The number of carbonyl (C=O) groups excluding carboxylic acids is 1. The van der Waals surface area contributed by atoms with Crippen molar-refractivity contribution < 1.29 is 9.90 Å². The molecule has 1 fully saturated rings. The summed E-state index contributed by atoms with van der Waals surface area (Å²) in [6.07, 6.45) is 5.08. The van der Waals surface area contributed by atoms with Gasteiger partial charge in [-0.3, -0.25) is 0 Å². The predicted octanol–water partition coefficient (Wildman–Crippen LogP) is 2.54. The van der Waals surface area contributed by atoms with Crippen molar-refractivity contribution in [1.29, 1.82) is 0 Å². The quantitative estimate of drug-likeness (QED) is 0.864. The van der Waals surface area contributed by atoms with E-state index in [2.05, 4.69) is 4.98 Å².